The maximum Gasteiger partial charge on any atom is 0.322 e. The van der Waals surface area contributed by atoms with E-state index in [1.54, 1.807) is 18.2 Å². The minimum atomic E-state index is -0.485. The standard InChI is InChI=1S/C17H16N4O2/c22-17(15-8-4-5-11-21(15)23)18-16-12-14(19-20-16)10-9-13-6-2-1-3-7-13/h1-8,11-12H,9-10H2,(H2,18,19,20,22). The van der Waals surface area contributed by atoms with E-state index in [-0.39, 0.29) is 5.69 Å². The second-order valence-electron chi connectivity index (χ2n) is 5.13. The summed E-state index contributed by atoms with van der Waals surface area (Å²) < 4.78 is 0.526. The SMILES string of the molecule is O=C(Nc1cc(CCc2ccccc2)[nH]n1)c1cccc[n+]1[O-]. The normalized spacial score (nSPS) is 10.4. The summed E-state index contributed by atoms with van der Waals surface area (Å²) in [5, 5.41) is 21.1. The number of H-pyrrole nitrogens is 1. The molecule has 23 heavy (non-hydrogen) atoms. The van der Waals surface area contributed by atoms with Gasteiger partial charge in [0.15, 0.2) is 12.0 Å². The highest BCUT2D eigenvalue weighted by Crippen LogP contribution is 2.10. The van der Waals surface area contributed by atoms with Crippen LogP contribution in [-0.2, 0) is 12.8 Å². The largest absolute Gasteiger partial charge is 0.618 e. The monoisotopic (exact) mass is 308 g/mol. The lowest BCUT2D eigenvalue weighted by Gasteiger charge is -2.02. The zero-order valence-corrected chi connectivity index (χ0v) is 12.4. The Labute approximate surface area is 133 Å². The topological polar surface area (TPSA) is 84.7 Å². The molecule has 0 aliphatic carbocycles. The number of nitrogens with zero attached hydrogens (tertiary/aromatic N) is 2. The van der Waals surface area contributed by atoms with Gasteiger partial charge in [-0.3, -0.25) is 15.2 Å². The molecule has 1 aromatic carbocycles. The number of rotatable bonds is 5. The summed E-state index contributed by atoms with van der Waals surface area (Å²) in [6.07, 6.45) is 2.96. The maximum atomic E-state index is 12.0. The fraction of sp³-hybridized carbons (Fsp3) is 0.118. The number of carbonyl (C=O) groups is 1. The highest BCUT2D eigenvalue weighted by molar-refractivity contribution is 6.01. The van der Waals surface area contributed by atoms with Crippen molar-refractivity contribution in [3.05, 3.63) is 83.0 Å². The lowest BCUT2D eigenvalue weighted by atomic mass is 10.1. The first-order chi connectivity index (χ1) is 11.2. The maximum absolute atomic E-state index is 12.0. The summed E-state index contributed by atoms with van der Waals surface area (Å²) in [5.74, 6) is -0.0800. The van der Waals surface area contributed by atoms with Gasteiger partial charge in [0.1, 0.15) is 0 Å². The molecule has 0 saturated heterocycles. The summed E-state index contributed by atoms with van der Waals surface area (Å²) in [7, 11) is 0. The third-order valence-corrected chi connectivity index (χ3v) is 3.46. The molecule has 0 atom stereocenters. The second kappa shape index (κ2) is 6.74. The van der Waals surface area contributed by atoms with E-state index in [9.17, 15) is 10.0 Å². The van der Waals surface area contributed by atoms with E-state index in [1.807, 2.05) is 18.2 Å². The Balaban J connectivity index is 1.61. The number of aryl methyl sites for hydroxylation is 2. The fourth-order valence-electron chi connectivity index (χ4n) is 2.26. The number of hydrogen-bond acceptors (Lipinski definition) is 3. The van der Waals surface area contributed by atoms with Crippen molar-refractivity contribution in [1.29, 1.82) is 0 Å². The Morgan fingerprint density at radius 1 is 1.13 bits per heavy atom. The van der Waals surface area contributed by atoms with Gasteiger partial charge in [0.05, 0.1) is 0 Å². The number of amides is 1. The average Bonchev–Trinajstić information content (AvgIpc) is 3.02. The summed E-state index contributed by atoms with van der Waals surface area (Å²) in [6.45, 7) is 0. The first-order valence-corrected chi connectivity index (χ1v) is 7.30. The third-order valence-electron chi connectivity index (χ3n) is 3.46. The molecule has 2 heterocycles. The second-order valence-corrected chi connectivity index (χ2v) is 5.13. The number of hydrogen-bond donors (Lipinski definition) is 2. The highest BCUT2D eigenvalue weighted by atomic mass is 16.5. The van der Waals surface area contributed by atoms with E-state index in [1.165, 1.54) is 17.8 Å². The van der Waals surface area contributed by atoms with Gasteiger partial charge in [-0.1, -0.05) is 30.3 Å². The van der Waals surface area contributed by atoms with Gasteiger partial charge < -0.3 is 5.21 Å². The Morgan fingerprint density at radius 3 is 2.70 bits per heavy atom. The zero-order valence-electron chi connectivity index (χ0n) is 12.4. The van der Waals surface area contributed by atoms with E-state index in [0.717, 1.165) is 18.5 Å². The van der Waals surface area contributed by atoms with E-state index >= 15 is 0 Å². The van der Waals surface area contributed by atoms with Crippen LogP contribution in [0.1, 0.15) is 21.7 Å². The molecule has 3 rings (SSSR count). The van der Waals surface area contributed by atoms with Crippen LogP contribution < -0.4 is 10.0 Å². The third kappa shape index (κ3) is 3.74. The van der Waals surface area contributed by atoms with Gasteiger partial charge in [0.25, 0.3) is 5.69 Å². The summed E-state index contributed by atoms with van der Waals surface area (Å²) in [6, 6.07) is 16.6. The van der Waals surface area contributed by atoms with Crippen molar-refractivity contribution in [2.24, 2.45) is 0 Å². The minimum absolute atomic E-state index is 0.0290. The van der Waals surface area contributed by atoms with Crippen LogP contribution in [-0.4, -0.2) is 16.1 Å². The van der Waals surface area contributed by atoms with Crippen molar-refractivity contribution in [2.75, 3.05) is 5.32 Å². The molecule has 0 unspecified atom stereocenters. The van der Waals surface area contributed by atoms with Gasteiger partial charge in [-0.05, 0) is 24.5 Å². The number of anilines is 1. The predicted molar refractivity (Wildman–Crippen MR) is 85.8 cm³/mol. The van der Waals surface area contributed by atoms with Crippen molar-refractivity contribution in [3.8, 4) is 0 Å². The van der Waals surface area contributed by atoms with Gasteiger partial charge in [0.2, 0.25) is 0 Å². The molecule has 0 aliphatic rings. The molecule has 6 heteroatoms. The molecule has 1 amide bonds. The molecule has 3 aromatic rings. The van der Waals surface area contributed by atoms with E-state index < -0.39 is 5.91 Å². The van der Waals surface area contributed by atoms with Crippen molar-refractivity contribution in [2.45, 2.75) is 12.8 Å². The molecule has 0 bridgehead atoms. The Bertz CT molecular complexity index is 799. The van der Waals surface area contributed by atoms with Crippen LogP contribution in [0.3, 0.4) is 0 Å². The Kier molecular flexibility index (Phi) is 4.33. The number of nitrogens with one attached hydrogen (secondary N) is 2. The molecular formula is C17H16N4O2. The molecule has 2 aromatic heterocycles. The van der Waals surface area contributed by atoms with E-state index in [2.05, 4.69) is 27.6 Å². The molecular weight excluding hydrogens is 292 g/mol. The average molecular weight is 308 g/mol. The molecule has 116 valence electrons. The molecule has 0 spiro atoms. The molecule has 0 radical (unpaired) electrons. The number of aromatic nitrogens is 3. The predicted octanol–water partition coefficient (Wildman–Crippen LogP) is 2.08. The summed E-state index contributed by atoms with van der Waals surface area (Å²) >= 11 is 0. The molecule has 2 N–H and O–H groups in total. The smallest absolute Gasteiger partial charge is 0.322 e. The summed E-state index contributed by atoms with van der Waals surface area (Å²) in [4.78, 5) is 12.0. The minimum Gasteiger partial charge on any atom is -0.618 e. The fourth-order valence-corrected chi connectivity index (χ4v) is 2.26. The first-order valence-electron chi connectivity index (χ1n) is 7.30. The van der Waals surface area contributed by atoms with Gasteiger partial charge >= 0.3 is 5.91 Å². The van der Waals surface area contributed by atoms with Crippen molar-refractivity contribution < 1.29 is 9.52 Å². The van der Waals surface area contributed by atoms with Gasteiger partial charge in [-0.2, -0.15) is 9.83 Å². The molecule has 0 fully saturated rings. The first kappa shape index (κ1) is 14.8. The number of pyridine rings is 1. The Hall–Kier alpha value is -3.15. The van der Waals surface area contributed by atoms with Crippen LogP contribution in [0.5, 0.6) is 0 Å². The quantitative estimate of drug-likeness (QED) is 0.559. The van der Waals surface area contributed by atoms with Gasteiger partial charge in [-0.15, -0.1) is 0 Å². The zero-order chi connectivity index (χ0) is 16.1. The van der Waals surface area contributed by atoms with Crippen molar-refractivity contribution >= 4 is 11.7 Å². The molecule has 6 nitrogen and oxygen atoms in total. The molecule has 0 aliphatic heterocycles. The number of aromatic amines is 1. The Morgan fingerprint density at radius 2 is 1.91 bits per heavy atom. The van der Waals surface area contributed by atoms with Crippen LogP contribution in [0.4, 0.5) is 5.82 Å². The van der Waals surface area contributed by atoms with Crippen LogP contribution in [0.15, 0.2) is 60.8 Å². The van der Waals surface area contributed by atoms with E-state index in [4.69, 9.17) is 0 Å². The molecule has 0 saturated carbocycles. The lowest BCUT2D eigenvalue weighted by molar-refractivity contribution is -0.607. The lowest BCUT2D eigenvalue weighted by Crippen LogP contribution is -2.36. The van der Waals surface area contributed by atoms with Crippen molar-refractivity contribution in [1.82, 2.24) is 10.2 Å². The number of carbonyl (C=O) groups excluding carboxylic acids is 1. The van der Waals surface area contributed by atoms with Crippen LogP contribution in [0.25, 0.3) is 0 Å². The highest BCUT2D eigenvalue weighted by Gasteiger charge is 2.16. The van der Waals surface area contributed by atoms with Crippen LogP contribution in [0, 0.1) is 5.21 Å². The van der Waals surface area contributed by atoms with Crippen LogP contribution in [0.2, 0.25) is 0 Å². The van der Waals surface area contributed by atoms with Gasteiger partial charge in [0, 0.05) is 23.9 Å². The van der Waals surface area contributed by atoms with Crippen molar-refractivity contribution in [3.63, 3.8) is 0 Å². The van der Waals surface area contributed by atoms with E-state index in [0.29, 0.717) is 10.5 Å². The van der Waals surface area contributed by atoms with Crippen LogP contribution >= 0.6 is 0 Å². The van der Waals surface area contributed by atoms with Gasteiger partial charge in [-0.25, -0.2) is 0 Å². The summed E-state index contributed by atoms with van der Waals surface area (Å²) in [5.41, 5.74) is 2.19. The number of benzene rings is 1.